The van der Waals surface area contributed by atoms with Crippen molar-refractivity contribution < 1.29 is 13.3 Å². The van der Waals surface area contributed by atoms with Gasteiger partial charge in [0, 0.05) is 17.9 Å². The van der Waals surface area contributed by atoms with Crippen molar-refractivity contribution in [2.75, 3.05) is 20.2 Å². The van der Waals surface area contributed by atoms with Crippen LogP contribution in [0.15, 0.2) is 38.8 Å². The standard InChI is InChI=1S/C11H13BrN2O3S/c1-14(8-9-6-7-17-13-9)18(15,16)11-5-3-2-4-10(11)12/h2-5H,6-8H2,1H3. The second-order valence-electron chi connectivity index (χ2n) is 3.93. The van der Waals surface area contributed by atoms with Gasteiger partial charge in [-0.2, -0.15) is 4.31 Å². The van der Waals surface area contributed by atoms with Gasteiger partial charge >= 0.3 is 0 Å². The first kappa shape index (κ1) is 13.5. The van der Waals surface area contributed by atoms with Crippen molar-refractivity contribution in [3.05, 3.63) is 28.7 Å². The van der Waals surface area contributed by atoms with Gasteiger partial charge in [-0.3, -0.25) is 0 Å². The summed E-state index contributed by atoms with van der Waals surface area (Å²) in [5, 5.41) is 3.80. The van der Waals surface area contributed by atoms with Crippen molar-refractivity contribution in [1.82, 2.24) is 4.31 Å². The summed E-state index contributed by atoms with van der Waals surface area (Å²) in [5.41, 5.74) is 0.744. The third-order valence-corrected chi connectivity index (χ3v) is 5.42. The lowest BCUT2D eigenvalue weighted by Gasteiger charge is -2.17. The molecular formula is C11H13BrN2O3S. The molecule has 7 heteroatoms. The van der Waals surface area contributed by atoms with E-state index >= 15 is 0 Å². The normalized spacial score (nSPS) is 15.6. The van der Waals surface area contributed by atoms with Crippen LogP contribution in [0.5, 0.6) is 0 Å². The fraction of sp³-hybridized carbons (Fsp3) is 0.364. The molecule has 0 aromatic heterocycles. The predicted octanol–water partition coefficient (Wildman–Crippen LogP) is 1.85. The van der Waals surface area contributed by atoms with E-state index in [1.54, 1.807) is 24.3 Å². The van der Waals surface area contributed by atoms with Crippen LogP contribution in [0, 0.1) is 0 Å². The second-order valence-corrected chi connectivity index (χ2v) is 6.80. The number of hydrogen-bond acceptors (Lipinski definition) is 4. The molecule has 1 aromatic rings. The van der Waals surface area contributed by atoms with Crippen LogP contribution in [0.4, 0.5) is 0 Å². The van der Waals surface area contributed by atoms with Gasteiger partial charge in [0.05, 0.1) is 17.2 Å². The molecule has 0 spiro atoms. The number of sulfonamides is 1. The first-order valence-electron chi connectivity index (χ1n) is 5.40. The van der Waals surface area contributed by atoms with Crippen molar-refractivity contribution in [3.63, 3.8) is 0 Å². The summed E-state index contributed by atoms with van der Waals surface area (Å²) in [6, 6.07) is 6.75. The van der Waals surface area contributed by atoms with Gasteiger partial charge in [-0.1, -0.05) is 17.3 Å². The molecular weight excluding hydrogens is 320 g/mol. The lowest BCUT2D eigenvalue weighted by Crippen LogP contribution is -2.32. The molecule has 0 unspecified atom stereocenters. The van der Waals surface area contributed by atoms with Gasteiger partial charge in [0.25, 0.3) is 0 Å². The molecule has 18 heavy (non-hydrogen) atoms. The summed E-state index contributed by atoms with van der Waals surface area (Å²) in [4.78, 5) is 5.11. The molecule has 1 aliphatic heterocycles. The van der Waals surface area contributed by atoms with Crippen LogP contribution in [0.1, 0.15) is 6.42 Å². The van der Waals surface area contributed by atoms with Gasteiger partial charge < -0.3 is 4.84 Å². The molecule has 98 valence electrons. The lowest BCUT2D eigenvalue weighted by atomic mass is 10.3. The highest BCUT2D eigenvalue weighted by Crippen LogP contribution is 2.24. The van der Waals surface area contributed by atoms with E-state index in [0.717, 1.165) is 5.71 Å². The van der Waals surface area contributed by atoms with E-state index in [4.69, 9.17) is 4.84 Å². The van der Waals surface area contributed by atoms with Gasteiger partial charge in [0.1, 0.15) is 6.61 Å². The second kappa shape index (κ2) is 5.38. The molecule has 1 aliphatic rings. The Morgan fingerprint density at radius 2 is 2.17 bits per heavy atom. The largest absolute Gasteiger partial charge is 0.395 e. The zero-order valence-corrected chi connectivity index (χ0v) is 12.2. The Hall–Kier alpha value is -0.920. The van der Waals surface area contributed by atoms with Crippen molar-refractivity contribution in [1.29, 1.82) is 0 Å². The first-order valence-corrected chi connectivity index (χ1v) is 7.63. The van der Waals surface area contributed by atoms with Crippen LogP contribution in [-0.2, 0) is 14.9 Å². The number of oxime groups is 1. The fourth-order valence-electron chi connectivity index (χ4n) is 1.62. The summed E-state index contributed by atoms with van der Waals surface area (Å²) < 4.78 is 26.5. The van der Waals surface area contributed by atoms with Crippen LogP contribution in [0.3, 0.4) is 0 Å². The Balaban J connectivity index is 2.23. The van der Waals surface area contributed by atoms with E-state index in [2.05, 4.69) is 21.1 Å². The Bertz CT molecular complexity index is 571. The van der Waals surface area contributed by atoms with Crippen molar-refractivity contribution >= 4 is 31.7 Å². The minimum absolute atomic E-state index is 0.254. The minimum Gasteiger partial charge on any atom is -0.395 e. The average Bonchev–Trinajstić information content (AvgIpc) is 2.82. The molecule has 0 saturated carbocycles. The first-order chi connectivity index (χ1) is 8.51. The molecule has 2 rings (SSSR count). The van der Waals surface area contributed by atoms with E-state index in [0.29, 0.717) is 17.5 Å². The molecule has 0 amide bonds. The molecule has 5 nitrogen and oxygen atoms in total. The van der Waals surface area contributed by atoms with Crippen LogP contribution < -0.4 is 0 Å². The molecule has 0 atom stereocenters. The Morgan fingerprint density at radius 3 is 2.78 bits per heavy atom. The van der Waals surface area contributed by atoms with Crippen LogP contribution in [0.2, 0.25) is 0 Å². The lowest BCUT2D eigenvalue weighted by molar-refractivity contribution is 0.173. The smallest absolute Gasteiger partial charge is 0.244 e. The maximum Gasteiger partial charge on any atom is 0.244 e. The van der Waals surface area contributed by atoms with Gasteiger partial charge in [-0.25, -0.2) is 8.42 Å². The van der Waals surface area contributed by atoms with Crippen molar-refractivity contribution in [2.45, 2.75) is 11.3 Å². The zero-order chi connectivity index (χ0) is 13.2. The third kappa shape index (κ3) is 2.73. The molecule has 0 bridgehead atoms. The minimum atomic E-state index is -3.51. The SMILES string of the molecule is CN(CC1=NOCC1)S(=O)(=O)c1ccccc1Br. The van der Waals surface area contributed by atoms with E-state index < -0.39 is 10.0 Å². The summed E-state index contributed by atoms with van der Waals surface area (Å²) in [6.07, 6.45) is 0.676. The van der Waals surface area contributed by atoms with E-state index in [-0.39, 0.29) is 11.4 Å². The van der Waals surface area contributed by atoms with Crippen LogP contribution >= 0.6 is 15.9 Å². The summed E-state index contributed by atoms with van der Waals surface area (Å²) in [5.74, 6) is 0. The number of halogens is 1. The molecule has 0 radical (unpaired) electrons. The maximum absolute atomic E-state index is 12.3. The molecule has 0 N–H and O–H groups in total. The predicted molar refractivity (Wildman–Crippen MR) is 72.0 cm³/mol. The van der Waals surface area contributed by atoms with Gasteiger partial charge in [-0.15, -0.1) is 0 Å². The zero-order valence-electron chi connectivity index (χ0n) is 9.84. The Kier molecular flexibility index (Phi) is 4.04. The molecule has 0 fully saturated rings. The Labute approximate surface area is 115 Å². The summed E-state index contributed by atoms with van der Waals surface area (Å²) >= 11 is 3.25. The third-order valence-electron chi connectivity index (χ3n) is 2.61. The molecule has 1 heterocycles. The topological polar surface area (TPSA) is 59.0 Å². The number of hydrogen-bond donors (Lipinski definition) is 0. The Morgan fingerprint density at radius 1 is 1.44 bits per heavy atom. The maximum atomic E-state index is 12.3. The fourth-order valence-corrected chi connectivity index (χ4v) is 3.74. The average molecular weight is 333 g/mol. The number of nitrogens with zero attached hydrogens (tertiary/aromatic N) is 2. The van der Waals surface area contributed by atoms with Crippen molar-refractivity contribution in [3.8, 4) is 0 Å². The van der Waals surface area contributed by atoms with Crippen molar-refractivity contribution in [2.24, 2.45) is 5.16 Å². The molecule has 1 aromatic carbocycles. The highest BCUT2D eigenvalue weighted by Gasteiger charge is 2.25. The van der Waals surface area contributed by atoms with Gasteiger partial charge in [-0.05, 0) is 28.1 Å². The van der Waals surface area contributed by atoms with E-state index in [1.807, 2.05) is 0 Å². The van der Waals surface area contributed by atoms with Crippen LogP contribution in [0.25, 0.3) is 0 Å². The van der Waals surface area contributed by atoms with Crippen LogP contribution in [-0.4, -0.2) is 38.6 Å². The quantitative estimate of drug-likeness (QED) is 0.845. The molecule has 0 aliphatic carbocycles. The van der Waals surface area contributed by atoms with Gasteiger partial charge in [0.2, 0.25) is 10.0 Å². The highest BCUT2D eigenvalue weighted by molar-refractivity contribution is 9.10. The number of benzene rings is 1. The monoisotopic (exact) mass is 332 g/mol. The summed E-state index contributed by atoms with van der Waals surface area (Å²) in [6.45, 7) is 0.780. The highest BCUT2D eigenvalue weighted by atomic mass is 79.9. The molecule has 0 saturated heterocycles. The summed E-state index contributed by atoms with van der Waals surface area (Å²) in [7, 11) is -1.97. The van der Waals surface area contributed by atoms with E-state index in [9.17, 15) is 8.42 Å². The number of rotatable bonds is 4. The van der Waals surface area contributed by atoms with Gasteiger partial charge in [0.15, 0.2) is 0 Å². The van der Waals surface area contributed by atoms with E-state index in [1.165, 1.54) is 11.4 Å².